The second-order valence-corrected chi connectivity index (χ2v) is 8.26. The Kier molecular flexibility index (Phi) is 5.76. The van der Waals surface area contributed by atoms with Crippen LogP contribution >= 0.6 is 11.3 Å². The molecule has 1 atom stereocenters. The van der Waals surface area contributed by atoms with Crippen LogP contribution in [0.4, 0.5) is 4.39 Å². The normalized spacial score (nSPS) is 12.2. The fourth-order valence-electron chi connectivity index (χ4n) is 3.51. The van der Waals surface area contributed by atoms with E-state index >= 15 is 0 Å². The van der Waals surface area contributed by atoms with E-state index in [0.29, 0.717) is 12.2 Å². The van der Waals surface area contributed by atoms with Gasteiger partial charge in [0.25, 0.3) is 5.91 Å². The summed E-state index contributed by atoms with van der Waals surface area (Å²) in [6, 6.07) is 20.8. The molecule has 1 amide bonds. The SMILES string of the molecule is C[C@@H](CCc1ccccc1)NC(=O)c1cc2sccc2n1Cc1ccc(F)cc1. The molecule has 0 fully saturated rings. The van der Waals surface area contributed by atoms with Gasteiger partial charge < -0.3 is 9.88 Å². The molecular formula is C24H23FN2OS. The summed E-state index contributed by atoms with van der Waals surface area (Å²) in [4.78, 5) is 13.0. The summed E-state index contributed by atoms with van der Waals surface area (Å²) in [5.74, 6) is -0.330. The fraction of sp³-hybridized carbons (Fsp3) is 0.208. The van der Waals surface area contributed by atoms with E-state index in [2.05, 4.69) is 17.4 Å². The maximum Gasteiger partial charge on any atom is 0.268 e. The molecule has 0 aliphatic carbocycles. The van der Waals surface area contributed by atoms with Crippen molar-refractivity contribution in [2.24, 2.45) is 0 Å². The first-order valence-corrected chi connectivity index (χ1v) is 10.6. The van der Waals surface area contributed by atoms with Crippen LogP contribution in [0.2, 0.25) is 0 Å². The van der Waals surface area contributed by atoms with E-state index in [1.165, 1.54) is 17.7 Å². The van der Waals surface area contributed by atoms with E-state index in [9.17, 15) is 9.18 Å². The van der Waals surface area contributed by atoms with E-state index < -0.39 is 0 Å². The topological polar surface area (TPSA) is 34.0 Å². The average molecular weight is 407 g/mol. The molecule has 2 heterocycles. The predicted molar refractivity (Wildman–Crippen MR) is 117 cm³/mol. The minimum Gasteiger partial charge on any atom is -0.348 e. The van der Waals surface area contributed by atoms with Crippen molar-refractivity contribution >= 4 is 27.5 Å². The highest BCUT2D eigenvalue weighted by Crippen LogP contribution is 2.26. The molecule has 0 spiro atoms. The highest BCUT2D eigenvalue weighted by atomic mass is 32.1. The van der Waals surface area contributed by atoms with Crippen LogP contribution in [-0.4, -0.2) is 16.5 Å². The molecule has 0 unspecified atom stereocenters. The monoisotopic (exact) mass is 406 g/mol. The molecule has 0 saturated heterocycles. The van der Waals surface area contributed by atoms with Gasteiger partial charge in [-0.1, -0.05) is 42.5 Å². The number of halogens is 1. The number of aryl methyl sites for hydroxylation is 1. The quantitative estimate of drug-likeness (QED) is 0.423. The number of rotatable bonds is 7. The van der Waals surface area contributed by atoms with Crippen molar-refractivity contribution in [3.63, 3.8) is 0 Å². The first-order valence-electron chi connectivity index (χ1n) is 9.76. The third-order valence-corrected chi connectivity index (χ3v) is 5.95. The Bertz CT molecular complexity index is 1100. The van der Waals surface area contributed by atoms with E-state index in [-0.39, 0.29) is 17.8 Å². The first-order chi connectivity index (χ1) is 14.1. The lowest BCUT2D eigenvalue weighted by Gasteiger charge is -2.16. The number of nitrogens with one attached hydrogen (secondary N) is 1. The molecule has 0 aliphatic rings. The maximum atomic E-state index is 13.2. The van der Waals surface area contributed by atoms with Crippen LogP contribution in [-0.2, 0) is 13.0 Å². The molecule has 0 saturated carbocycles. The second kappa shape index (κ2) is 8.62. The van der Waals surface area contributed by atoms with Crippen molar-refractivity contribution in [1.82, 2.24) is 9.88 Å². The fourth-order valence-corrected chi connectivity index (χ4v) is 4.33. The Morgan fingerprint density at radius 3 is 2.59 bits per heavy atom. The number of benzene rings is 2. The van der Waals surface area contributed by atoms with Gasteiger partial charge in [0.15, 0.2) is 0 Å². The molecule has 29 heavy (non-hydrogen) atoms. The Labute approximate surface area is 173 Å². The zero-order chi connectivity index (χ0) is 20.2. The van der Waals surface area contributed by atoms with Gasteiger partial charge in [-0.15, -0.1) is 11.3 Å². The highest BCUT2D eigenvalue weighted by molar-refractivity contribution is 7.17. The molecule has 4 aromatic rings. The van der Waals surface area contributed by atoms with Gasteiger partial charge >= 0.3 is 0 Å². The molecule has 2 aromatic heterocycles. The van der Waals surface area contributed by atoms with Gasteiger partial charge in [-0.05, 0) is 60.5 Å². The van der Waals surface area contributed by atoms with Crippen molar-refractivity contribution in [3.05, 3.63) is 94.7 Å². The first kappa shape index (κ1) is 19.4. The van der Waals surface area contributed by atoms with Crippen molar-refractivity contribution in [3.8, 4) is 0 Å². The van der Waals surface area contributed by atoms with Crippen molar-refractivity contribution < 1.29 is 9.18 Å². The highest BCUT2D eigenvalue weighted by Gasteiger charge is 2.18. The summed E-state index contributed by atoms with van der Waals surface area (Å²) in [7, 11) is 0. The number of nitrogens with zero attached hydrogens (tertiary/aromatic N) is 1. The van der Waals surface area contributed by atoms with Crippen LogP contribution in [0.1, 0.15) is 35.0 Å². The Balaban J connectivity index is 1.49. The Hall–Kier alpha value is -2.92. The molecule has 2 aromatic carbocycles. The van der Waals surface area contributed by atoms with E-state index in [1.807, 2.05) is 47.2 Å². The largest absolute Gasteiger partial charge is 0.348 e. The van der Waals surface area contributed by atoms with Crippen LogP contribution in [0.15, 0.2) is 72.1 Å². The van der Waals surface area contributed by atoms with Crippen molar-refractivity contribution in [1.29, 1.82) is 0 Å². The van der Waals surface area contributed by atoms with Gasteiger partial charge in [0.2, 0.25) is 0 Å². The standard InChI is InChI=1S/C24H23FN2OS/c1-17(7-8-18-5-3-2-4-6-18)26-24(28)22-15-23-21(13-14-29-23)27(22)16-19-9-11-20(25)12-10-19/h2-6,9-15,17H,7-8,16H2,1H3,(H,26,28)/t17-/m0/s1. The van der Waals surface area contributed by atoms with Crippen LogP contribution in [0, 0.1) is 5.82 Å². The summed E-state index contributed by atoms with van der Waals surface area (Å²) in [5.41, 5.74) is 3.90. The molecule has 4 rings (SSSR count). The van der Waals surface area contributed by atoms with Gasteiger partial charge in [-0.25, -0.2) is 4.39 Å². The molecule has 3 nitrogen and oxygen atoms in total. The van der Waals surface area contributed by atoms with Crippen LogP contribution in [0.3, 0.4) is 0 Å². The maximum absolute atomic E-state index is 13.2. The molecular weight excluding hydrogens is 383 g/mol. The lowest BCUT2D eigenvalue weighted by atomic mass is 10.1. The predicted octanol–water partition coefficient (Wildman–Crippen LogP) is 5.64. The molecule has 1 N–H and O–H groups in total. The number of hydrogen-bond acceptors (Lipinski definition) is 2. The van der Waals surface area contributed by atoms with Crippen LogP contribution in [0.25, 0.3) is 10.2 Å². The summed E-state index contributed by atoms with van der Waals surface area (Å²) >= 11 is 1.62. The molecule has 0 radical (unpaired) electrons. The zero-order valence-electron chi connectivity index (χ0n) is 16.3. The smallest absolute Gasteiger partial charge is 0.268 e. The van der Waals surface area contributed by atoms with E-state index in [0.717, 1.165) is 28.6 Å². The van der Waals surface area contributed by atoms with Gasteiger partial charge in [0.1, 0.15) is 11.5 Å². The summed E-state index contributed by atoms with van der Waals surface area (Å²) < 4.78 is 16.3. The van der Waals surface area contributed by atoms with Crippen LogP contribution in [0.5, 0.6) is 0 Å². The lowest BCUT2D eigenvalue weighted by molar-refractivity contribution is 0.0930. The number of hydrogen-bond donors (Lipinski definition) is 1. The van der Waals surface area contributed by atoms with E-state index in [1.54, 1.807) is 23.5 Å². The van der Waals surface area contributed by atoms with Crippen LogP contribution < -0.4 is 5.32 Å². The number of carbonyl (C=O) groups excluding carboxylic acids is 1. The van der Waals surface area contributed by atoms with Gasteiger partial charge in [0, 0.05) is 12.6 Å². The second-order valence-electron chi connectivity index (χ2n) is 7.31. The zero-order valence-corrected chi connectivity index (χ0v) is 17.1. The number of fused-ring (bicyclic) bond motifs is 1. The molecule has 0 bridgehead atoms. The third-order valence-electron chi connectivity index (χ3n) is 5.10. The van der Waals surface area contributed by atoms with E-state index in [4.69, 9.17) is 0 Å². The number of thiophene rings is 1. The third kappa shape index (κ3) is 4.57. The number of carbonyl (C=O) groups is 1. The lowest BCUT2D eigenvalue weighted by Crippen LogP contribution is -2.34. The molecule has 5 heteroatoms. The average Bonchev–Trinajstić information content (AvgIpc) is 3.31. The Morgan fingerprint density at radius 2 is 1.83 bits per heavy atom. The minimum absolute atomic E-state index is 0.0647. The van der Waals surface area contributed by atoms with Crippen molar-refractivity contribution in [2.75, 3.05) is 0 Å². The Morgan fingerprint density at radius 1 is 1.07 bits per heavy atom. The molecule has 0 aliphatic heterocycles. The van der Waals surface area contributed by atoms with Crippen molar-refractivity contribution in [2.45, 2.75) is 32.4 Å². The van der Waals surface area contributed by atoms with Gasteiger partial charge in [-0.2, -0.15) is 0 Å². The van der Waals surface area contributed by atoms with Gasteiger partial charge in [-0.3, -0.25) is 4.79 Å². The number of amides is 1. The summed E-state index contributed by atoms with van der Waals surface area (Å²) in [6.07, 6.45) is 1.80. The minimum atomic E-state index is -0.257. The summed E-state index contributed by atoms with van der Waals surface area (Å²) in [5, 5.41) is 5.16. The summed E-state index contributed by atoms with van der Waals surface area (Å²) in [6.45, 7) is 2.57. The number of aromatic nitrogens is 1. The molecule has 148 valence electrons. The van der Waals surface area contributed by atoms with Gasteiger partial charge in [0.05, 0.1) is 10.2 Å².